The van der Waals surface area contributed by atoms with Crippen molar-refractivity contribution in [2.24, 2.45) is 0 Å². The third kappa shape index (κ3) is 4.22. The van der Waals surface area contributed by atoms with E-state index >= 15 is 0 Å². The van der Waals surface area contributed by atoms with E-state index in [4.69, 9.17) is 0 Å². The molecule has 4 heteroatoms. The number of benzene rings is 6. The molecule has 4 heterocycles. The van der Waals surface area contributed by atoms with E-state index in [1.54, 1.807) is 11.1 Å². The van der Waals surface area contributed by atoms with E-state index in [9.17, 15) is 0 Å². The van der Waals surface area contributed by atoms with Crippen LogP contribution in [0.5, 0.6) is 0 Å². The predicted octanol–water partition coefficient (Wildman–Crippen LogP) is 12.1. The predicted molar refractivity (Wildman–Crippen MR) is 246 cm³/mol. The van der Waals surface area contributed by atoms with Gasteiger partial charge in [0.2, 0.25) is 0 Å². The summed E-state index contributed by atoms with van der Waals surface area (Å²) in [6.07, 6.45) is 9.90. The van der Waals surface area contributed by atoms with Crippen molar-refractivity contribution in [2.45, 2.75) is 115 Å². The van der Waals surface area contributed by atoms with Gasteiger partial charge in [0.15, 0.2) is 0 Å². The van der Waals surface area contributed by atoms with Gasteiger partial charge < -0.3 is 14.7 Å². The van der Waals surface area contributed by atoms with Gasteiger partial charge >= 0.3 is 0 Å². The standard InChI is InChI=1S/C54H54BN3/c1-35-19-23-39(24-20-35)56(40-25-21-36(2)22-26-40)41-33-46-48-47(34-41)58-50-43(52(4)28-11-13-30-54(52,58)6)31-38(37-15-8-7-9-16-37)32-45(50)55(48)44-18-14-17-42-49(44)57(46)53(5)29-12-10-27-51(42,53)3/h7-9,14-26,31-34H,10-13,27-30H2,1-6H3. The van der Waals surface area contributed by atoms with Crippen LogP contribution >= 0.6 is 0 Å². The van der Waals surface area contributed by atoms with Crippen molar-refractivity contribution in [3.8, 4) is 11.1 Å². The van der Waals surface area contributed by atoms with Crippen LogP contribution in [0.1, 0.15) is 101 Å². The average Bonchev–Trinajstić information content (AvgIpc) is 3.59. The highest BCUT2D eigenvalue weighted by atomic mass is 15.3. The molecule has 0 bridgehead atoms. The number of aryl methyl sites for hydroxylation is 2. The Kier molecular flexibility index (Phi) is 7.03. The maximum Gasteiger partial charge on any atom is 0.252 e. The van der Waals surface area contributed by atoms with Crippen molar-refractivity contribution in [1.82, 2.24) is 0 Å². The van der Waals surface area contributed by atoms with Gasteiger partial charge in [0, 0.05) is 45.0 Å². The largest absolute Gasteiger partial charge is 0.335 e. The minimum Gasteiger partial charge on any atom is -0.335 e. The van der Waals surface area contributed by atoms with Crippen molar-refractivity contribution < 1.29 is 0 Å². The van der Waals surface area contributed by atoms with E-state index in [1.807, 2.05) is 0 Å². The summed E-state index contributed by atoms with van der Waals surface area (Å²) in [6, 6.07) is 47.4. The van der Waals surface area contributed by atoms with Crippen LogP contribution in [0.3, 0.4) is 0 Å². The molecule has 6 aliphatic rings. The first-order valence-electron chi connectivity index (χ1n) is 22.1. The summed E-state index contributed by atoms with van der Waals surface area (Å²) >= 11 is 0. The molecule has 2 fully saturated rings. The van der Waals surface area contributed by atoms with E-state index in [-0.39, 0.29) is 28.6 Å². The quantitative estimate of drug-likeness (QED) is 0.166. The van der Waals surface area contributed by atoms with Gasteiger partial charge in [-0.1, -0.05) is 130 Å². The number of nitrogens with zero attached hydrogens (tertiary/aromatic N) is 3. The lowest BCUT2D eigenvalue weighted by atomic mass is 9.33. The third-order valence-electron chi connectivity index (χ3n) is 16.9. The molecule has 0 spiro atoms. The maximum absolute atomic E-state index is 2.92. The first-order valence-corrected chi connectivity index (χ1v) is 22.1. The summed E-state index contributed by atoms with van der Waals surface area (Å²) in [5.41, 5.74) is 22.3. The lowest BCUT2D eigenvalue weighted by Crippen LogP contribution is -2.66. The SMILES string of the molecule is Cc1ccc(N(c2ccc(C)cc2)c2cc3c4c(c2)N2c5c(cc(-c6ccccc6)cc5C5(C)CCCCC25C)B4c2cccc4c2N3C2(C)CCCCC42C)cc1. The minimum atomic E-state index is -0.0655. The van der Waals surface area contributed by atoms with Gasteiger partial charge in [-0.3, -0.25) is 0 Å². The molecule has 288 valence electrons. The fraction of sp³-hybridized carbons (Fsp3) is 0.333. The van der Waals surface area contributed by atoms with Crippen LogP contribution in [0.4, 0.5) is 39.8 Å². The minimum absolute atomic E-state index is 0.0134. The van der Waals surface area contributed by atoms with Crippen LogP contribution in [-0.4, -0.2) is 17.8 Å². The van der Waals surface area contributed by atoms with Gasteiger partial charge in [-0.25, -0.2) is 0 Å². The molecule has 58 heavy (non-hydrogen) atoms. The molecule has 4 unspecified atom stereocenters. The van der Waals surface area contributed by atoms with Gasteiger partial charge in [-0.05, 0) is 134 Å². The van der Waals surface area contributed by atoms with Crippen LogP contribution in [0.25, 0.3) is 11.1 Å². The molecular weight excluding hydrogens is 701 g/mol. The Morgan fingerprint density at radius 2 is 1.02 bits per heavy atom. The molecule has 0 radical (unpaired) electrons. The molecule has 0 saturated heterocycles. The van der Waals surface area contributed by atoms with Gasteiger partial charge in [0.25, 0.3) is 6.71 Å². The van der Waals surface area contributed by atoms with Crippen LogP contribution in [0.15, 0.2) is 121 Å². The Balaban J connectivity index is 1.22. The van der Waals surface area contributed by atoms with E-state index in [2.05, 4.69) is 178 Å². The molecular formula is C54H54BN3. The molecule has 4 aliphatic heterocycles. The Labute approximate surface area is 345 Å². The monoisotopic (exact) mass is 755 g/mol. The Morgan fingerprint density at radius 1 is 0.483 bits per heavy atom. The highest BCUT2D eigenvalue weighted by molar-refractivity contribution is 7.00. The second-order valence-corrected chi connectivity index (χ2v) is 19.7. The molecule has 2 aliphatic carbocycles. The van der Waals surface area contributed by atoms with E-state index < -0.39 is 0 Å². The first-order chi connectivity index (χ1) is 28.1. The summed E-state index contributed by atoms with van der Waals surface area (Å²) in [7, 11) is 0. The van der Waals surface area contributed by atoms with Crippen molar-refractivity contribution in [3.63, 3.8) is 0 Å². The van der Waals surface area contributed by atoms with E-state index in [0.29, 0.717) is 0 Å². The molecule has 0 aromatic heterocycles. The van der Waals surface area contributed by atoms with E-state index in [0.717, 1.165) is 0 Å². The fourth-order valence-corrected chi connectivity index (χ4v) is 13.4. The summed E-state index contributed by atoms with van der Waals surface area (Å²) in [6.45, 7) is 15.0. The second kappa shape index (κ2) is 11.7. The van der Waals surface area contributed by atoms with Crippen molar-refractivity contribution in [3.05, 3.63) is 144 Å². The Hall–Kier alpha value is -5.22. The smallest absolute Gasteiger partial charge is 0.252 e. The number of hydrogen-bond donors (Lipinski definition) is 0. The molecule has 2 saturated carbocycles. The highest BCUT2D eigenvalue weighted by Gasteiger charge is 2.65. The second-order valence-electron chi connectivity index (χ2n) is 19.7. The van der Waals surface area contributed by atoms with Crippen LogP contribution in [-0.2, 0) is 10.8 Å². The molecule has 6 aromatic rings. The van der Waals surface area contributed by atoms with Crippen molar-refractivity contribution in [2.75, 3.05) is 14.7 Å². The molecule has 0 N–H and O–H groups in total. The highest BCUT2D eigenvalue weighted by Crippen LogP contribution is 2.65. The number of fused-ring (bicyclic) bond motifs is 10. The number of rotatable bonds is 4. The lowest BCUT2D eigenvalue weighted by molar-refractivity contribution is 0.194. The topological polar surface area (TPSA) is 9.72 Å². The van der Waals surface area contributed by atoms with Crippen LogP contribution < -0.4 is 31.1 Å². The van der Waals surface area contributed by atoms with Crippen molar-refractivity contribution >= 4 is 62.9 Å². The summed E-state index contributed by atoms with van der Waals surface area (Å²) in [5.74, 6) is 0. The average molecular weight is 756 g/mol. The van der Waals surface area contributed by atoms with Crippen molar-refractivity contribution in [1.29, 1.82) is 0 Å². The molecule has 0 amide bonds. The fourth-order valence-electron chi connectivity index (χ4n) is 13.4. The normalized spacial score (nSPS) is 26.8. The number of para-hydroxylation sites is 1. The maximum atomic E-state index is 2.92. The zero-order valence-electron chi connectivity index (χ0n) is 35.1. The lowest BCUT2D eigenvalue weighted by Gasteiger charge is -2.55. The Morgan fingerprint density at radius 3 is 1.60 bits per heavy atom. The zero-order chi connectivity index (χ0) is 39.3. The summed E-state index contributed by atoms with van der Waals surface area (Å²) < 4.78 is 0. The molecule has 4 atom stereocenters. The molecule has 6 aromatic carbocycles. The zero-order valence-corrected chi connectivity index (χ0v) is 35.1. The van der Waals surface area contributed by atoms with Gasteiger partial charge in [-0.15, -0.1) is 0 Å². The molecule has 3 nitrogen and oxygen atoms in total. The summed E-state index contributed by atoms with van der Waals surface area (Å²) in [4.78, 5) is 8.36. The number of hydrogen-bond acceptors (Lipinski definition) is 3. The van der Waals surface area contributed by atoms with Gasteiger partial charge in [0.1, 0.15) is 0 Å². The molecule has 12 rings (SSSR count). The number of anilines is 7. The first kappa shape index (κ1) is 34.8. The Bertz CT molecular complexity index is 2620. The third-order valence-corrected chi connectivity index (χ3v) is 16.9. The van der Waals surface area contributed by atoms with Gasteiger partial charge in [-0.2, -0.15) is 0 Å². The summed E-state index contributed by atoms with van der Waals surface area (Å²) in [5, 5.41) is 0. The van der Waals surface area contributed by atoms with Gasteiger partial charge in [0.05, 0.1) is 16.8 Å². The van der Waals surface area contributed by atoms with E-state index in [1.165, 1.54) is 130 Å². The van der Waals surface area contributed by atoms with Crippen LogP contribution in [0, 0.1) is 13.8 Å². The van der Waals surface area contributed by atoms with Crippen LogP contribution in [0.2, 0.25) is 0 Å².